The van der Waals surface area contributed by atoms with Gasteiger partial charge in [-0.1, -0.05) is 53.9 Å². The van der Waals surface area contributed by atoms with Gasteiger partial charge in [-0.25, -0.2) is 0 Å². The van der Waals surface area contributed by atoms with Gasteiger partial charge >= 0.3 is 0 Å². The Hall–Kier alpha value is -0.0400. The van der Waals surface area contributed by atoms with E-state index in [0.717, 1.165) is 54.3 Å². The fraction of sp³-hybridized carbons (Fsp3) is 1.00. The highest BCUT2D eigenvalue weighted by Crippen LogP contribution is 2.68. The van der Waals surface area contributed by atoms with Gasteiger partial charge in [0.2, 0.25) is 0 Å². The summed E-state index contributed by atoms with van der Waals surface area (Å²) in [6.45, 7) is 12.7. The van der Waals surface area contributed by atoms with Crippen LogP contribution in [-0.2, 0) is 0 Å². The minimum Gasteiger partial charge on any atom is -0.393 e. The minimum atomic E-state index is -0.00830. The second-order valence-corrected chi connectivity index (χ2v) is 12.6. The molecule has 0 aromatic rings. The van der Waals surface area contributed by atoms with Gasteiger partial charge in [0.15, 0.2) is 0 Å². The molecule has 0 radical (unpaired) electrons. The van der Waals surface area contributed by atoms with Crippen LogP contribution in [0.2, 0.25) is 0 Å². The largest absolute Gasteiger partial charge is 0.393 e. The minimum absolute atomic E-state index is 0.00830. The summed E-state index contributed by atoms with van der Waals surface area (Å²) in [5, 5.41) is 10.3. The molecule has 0 aliphatic heterocycles. The highest BCUT2D eigenvalue weighted by Gasteiger charge is 2.60. The van der Waals surface area contributed by atoms with Gasteiger partial charge in [0.05, 0.1) is 6.10 Å². The summed E-state index contributed by atoms with van der Waals surface area (Å²) in [6, 6.07) is 0. The standard InChI is InChI=1S/C27H48O/c1-18(2)7-6-8-19(3)23-11-12-24-22-10-9-20-17-21(28)13-15-26(20,4)25(22)14-16-27(23,24)5/h18-25,28H,6-17H2,1-5H3/t19-,20+,21+,22-,23-,24+,25+,26+,27-/m1/s1. The zero-order valence-electron chi connectivity index (χ0n) is 19.6. The Morgan fingerprint density at radius 1 is 0.821 bits per heavy atom. The molecule has 4 saturated carbocycles. The van der Waals surface area contributed by atoms with Crippen molar-refractivity contribution in [2.24, 2.45) is 52.3 Å². The van der Waals surface area contributed by atoms with Gasteiger partial charge in [-0.3, -0.25) is 0 Å². The first kappa shape index (κ1) is 21.2. The van der Waals surface area contributed by atoms with Crippen molar-refractivity contribution in [1.82, 2.24) is 0 Å². The Morgan fingerprint density at radius 3 is 2.29 bits per heavy atom. The van der Waals surface area contributed by atoms with Gasteiger partial charge in [-0.2, -0.15) is 0 Å². The van der Waals surface area contributed by atoms with E-state index in [4.69, 9.17) is 0 Å². The molecule has 0 aromatic carbocycles. The fourth-order valence-electron chi connectivity index (χ4n) is 9.26. The van der Waals surface area contributed by atoms with Crippen molar-refractivity contribution in [2.45, 2.75) is 118 Å². The molecule has 0 saturated heterocycles. The number of aliphatic hydroxyl groups is 1. The van der Waals surface area contributed by atoms with Crippen LogP contribution in [0.15, 0.2) is 0 Å². The lowest BCUT2D eigenvalue weighted by Crippen LogP contribution is -2.54. The molecule has 0 aromatic heterocycles. The average molecular weight is 389 g/mol. The van der Waals surface area contributed by atoms with Gasteiger partial charge in [0.25, 0.3) is 0 Å². The first-order chi connectivity index (χ1) is 13.3. The third kappa shape index (κ3) is 3.50. The Labute approximate surface area is 175 Å². The topological polar surface area (TPSA) is 20.2 Å². The van der Waals surface area contributed by atoms with E-state index in [2.05, 4.69) is 34.6 Å². The van der Waals surface area contributed by atoms with Gasteiger partial charge in [0, 0.05) is 0 Å². The lowest BCUT2D eigenvalue weighted by atomic mass is 9.44. The average Bonchev–Trinajstić information content (AvgIpc) is 2.99. The van der Waals surface area contributed by atoms with Crippen LogP contribution in [-0.4, -0.2) is 11.2 Å². The lowest BCUT2D eigenvalue weighted by Gasteiger charge is -2.61. The van der Waals surface area contributed by atoms with Crippen LogP contribution in [0.25, 0.3) is 0 Å². The van der Waals surface area contributed by atoms with Crippen molar-refractivity contribution < 1.29 is 5.11 Å². The molecule has 162 valence electrons. The number of fused-ring (bicyclic) bond motifs is 5. The maximum Gasteiger partial charge on any atom is 0.0543 e. The van der Waals surface area contributed by atoms with Crippen LogP contribution in [0.4, 0.5) is 0 Å². The molecule has 4 aliphatic carbocycles. The van der Waals surface area contributed by atoms with Gasteiger partial charge in [0.1, 0.15) is 0 Å². The van der Waals surface area contributed by atoms with E-state index in [1.807, 2.05) is 0 Å². The first-order valence-corrected chi connectivity index (χ1v) is 12.9. The van der Waals surface area contributed by atoms with Crippen molar-refractivity contribution in [3.63, 3.8) is 0 Å². The van der Waals surface area contributed by atoms with Crippen LogP contribution >= 0.6 is 0 Å². The fourth-order valence-corrected chi connectivity index (χ4v) is 9.26. The summed E-state index contributed by atoms with van der Waals surface area (Å²) >= 11 is 0. The van der Waals surface area contributed by atoms with E-state index in [9.17, 15) is 5.11 Å². The van der Waals surface area contributed by atoms with Gasteiger partial charge < -0.3 is 5.11 Å². The third-order valence-corrected chi connectivity index (χ3v) is 10.8. The van der Waals surface area contributed by atoms with Crippen molar-refractivity contribution in [3.05, 3.63) is 0 Å². The lowest BCUT2D eigenvalue weighted by molar-refractivity contribution is -0.129. The number of rotatable bonds is 5. The van der Waals surface area contributed by atoms with E-state index in [1.165, 1.54) is 64.2 Å². The molecule has 4 rings (SSSR count). The van der Waals surface area contributed by atoms with Crippen LogP contribution in [0.3, 0.4) is 0 Å². The number of hydrogen-bond donors (Lipinski definition) is 1. The quantitative estimate of drug-likeness (QED) is 0.518. The number of aliphatic hydroxyl groups excluding tert-OH is 1. The second-order valence-electron chi connectivity index (χ2n) is 12.6. The molecular formula is C27H48O. The Morgan fingerprint density at radius 2 is 1.54 bits per heavy atom. The molecule has 4 fully saturated rings. The summed E-state index contributed by atoms with van der Waals surface area (Å²) < 4.78 is 0. The molecule has 9 atom stereocenters. The van der Waals surface area contributed by atoms with Gasteiger partial charge in [-0.05, 0) is 110 Å². The van der Waals surface area contributed by atoms with E-state index >= 15 is 0 Å². The SMILES string of the molecule is CC(C)CCC[C@@H](C)[C@H]1CC[C@H]2[C@H]3CC[C@H]4C[C@@H](O)CC[C@]4(C)[C@H]3CC[C@]12C. The van der Waals surface area contributed by atoms with E-state index < -0.39 is 0 Å². The molecule has 4 aliphatic rings. The normalized spacial score (nSPS) is 49.4. The van der Waals surface area contributed by atoms with E-state index in [1.54, 1.807) is 0 Å². The molecular weight excluding hydrogens is 340 g/mol. The molecule has 0 unspecified atom stereocenters. The monoisotopic (exact) mass is 388 g/mol. The second kappa shape index (κ2) is 7.90. The van der Waals surface area contributed by atoms with E-state index in [0.29, 0.717) is 10.8 Å². The smallest absolute Gasteiger partial charge is 0.0543 e. The molecule has 1 heteroatoms. The molecule has 0 amide bonds. The van der Waals surface area contributed by atoms with Crippen LogP contribution < -0.4 is 0 Å². The summed E-state index contributed by atoms with van der Waals surface area (Å²) in [5.41, 5.74) is 1.15. The summed E-state index contributed by atoms with van der Waals surface area (Å²) in [6.07, 6.45) is 16.6. The Kier molecular flexibility index (Phi) is 5.98. The maximum absolute atomic E-state index is 10.3. The zero-order chi connectivity index (χ0) is 20.1. The van der Waals surface area contributed by atoms with Crippen molar-refractivity contribution in [3.8, 4) is 0 Å². The molecule has 28 heavy (non-hydrogen) atoms. The maximum atomic E-state index is 10.3. The van der Waals surface area contributed by atoms with Crippen molar-refractivity contribution >= 4 is 0 Å². The highest BCUT2D eigenvalue weighted by molar-refractivity contribution is 5.09. The molecule has 0 heterocycles. The van der Waals surface area contributed by atoms with E-state index in [-0.39, 0.29) is 6.10 Å². The molecule has 1 nitrogen and oxygen atoms in total. The summed E-state index contributed by atoms with van der Waals surface area (Å²) in [7, 11) is 0. The van der Waals surface area contributed by atoms with Crippen LogP contribution in [0.5, 0.6) is 0 Å². The van der Waals surface area contributed by atoms with Crippen molar-refractivity contribution in [1.29, 1.82) is 0 Å². The van der Waals surface area contributed by atoms with Crippen molar-refractivity contribution in [2.75, 3.05) is 0 Å². The Bertz CT molecular complexity index is 540. The van der Waals surface area contributed by atoms with Crippen LogP contribution in [0.1, 0.15) is 112 Å². The zero-order valence-corrected chi connectivity index (χ0v) is 19.6. The highest BCUT2D eigenvalue weighted by atomic mass is 16.3. The predicted octanol–water partition coefficient (Wildman–Crippen LogP) is 7.47. The first-order valence-electron chi connectivity index (χ1n) is 12.9. The van der Waals surface area contributed by atoms with Gasteiger partial charge in [-0.15, -0.1) is 0 Å². The summed E-state index contributed by atoms with van der Waals surface area (Å²) in [5.74, 6) is 6.49. The molecule has 1 N–H and O–H groups in total. The number of hydrogen-bond acceptors (Lipinski definition) is 1. The predicted molar refractivity (Wildman–Crippen MR) is 119 cm³/mol. The molecule has 0 bridgehead atoms. The third-order valence-electron chi connectivity index (χ3n) is 10.8. The molecule has 0 spiro atoms. The van der Waals surface area contributed by atoms with Crippen LogP contribution in [0, 0.1) is 52.3 Å². The Balaban J connectivity index is 1.46. The summed E-state index contributed by atoms with van der Waals surface area (Å²) in [4.78, 5) is 0.